The van der Waals surface area contributed by atoms with Crippen molar-refractivity contribution in [2.75, 3.05) is 6.54 Å². The van der Waals surface area contributed by atoms with Crippen molar-refractivity contribution in [3.63, 3.8) is 0 Å². The first-order chi connectivity index (χ1) is 5.85. The van der Waals surface area contributed by atoms with E-state index in [2.05, 4.69) is 5.10 Å². The van der Waals surface area contributed by atoms with Crippen molar-refractivity contribution < 1.29 is 14.7 Å². The first-order valence-corrected chi connectivity index (χ1v) is 3.74. The van der Waals surface area contributed by atoms with Crippen LogP contribution in [0.4, 0.5) is 0 Å². The van der Waals surface area contributed by atoms with Crippen LogP contribution in [0.15, 0.2) is 5.10 Å². The fraction of sp³-hybridized carbons (Fsp3) is 0.571. The molecule has 0 saturated carbocycles. The van der Waals surface area contributed by atoms with Gasteiger partial charge in [0.05, 0.1) is 0 Å². The van der Waals surface area contributed by atoms with Crippen LogP contribution in [0.5, 0.6) is 0 Å². The summed E-state index contributed by atoms with van der Waals surface area (Å²) in [5.41, 5.74) is 4.58. The molecule has 0 aliphatic carbocycles. The van der Waals surface area contributed by atoms with E-state index in [0.717, 1.165) is 5.01 Å². The largest absolute Gasteiger partial charge is 0.480 e. The smallest absolute Gasteiger partial charge is 0.325 e. The van der Waals surface area contributed by atoms with Crippen molar-refractivity contribution in [1.82, 2.24) is 5.01 Å². The third-order valence-electron chi connectivity index (χ3n) is 1.92. The molecule has 0 spiro atoms. The van der Waals surface area contributed by atoms with Crippen molar-refractivity contribution in [1.29, 1.82) is 0 Å². The topological polar surface area (TPSA) is 96.0 Å². The number of carboxylic acids is 1. The summed E-state index contributed by atoms with van der Waals surface area (Å²) in [7, 11) is 0. The van der Waals surface area contributed by atoms with Gasteiger partial charge in [0.25, 0.3) is 5.91 Å². The Hall–Kier alpha value is -1.59. The van der Waals surface area contributed by atoms with Gasteiger partial charge in [0, 0.05) is 0 Å². The summed E-state index contributed by atoms with van der Waals surface area (Å²) in [5, 5.41) is 13.0. The number of carbonyl (C=O) groups is 2. The van der Waals surface area contributed by atoms with E-state index in [9.17, 15) is 9.59 Å². The van der Waals surface area contributed by atoms with Gasteiger partial charge in [-0.2, -0.15) is 5.10 Å². The lowest BCUT2D eigenvalue weighted by Gasteiger charge is -2.16. The maximum atomic E-state index is 11.4. The number of aliphatic carboxylic acids is 1. The summed E-state index contributed by atoms with van der Waals surface area (Å²) < 4.78 is 0. The quantitative estimate of drug-likeness (QED) is 0.589. The first kappa shape index (κ1) is 9.50. The van der Waals surface area contributed by atoms with Gasteiger partial charge in [0.15, 0.2) is 0 Å². The molecule has 0 fully saturated rings. The Balaban J connectivity index is 2.85. The van der Waals surface area contributed by atoms with Crippen LogP contribution in [0.2, 0.25) is 0 Å². The first-order valence-electron chi connectivity index (χ1n) is 3.74. The number of nitrogens with two attached hydrogens (primary N) is 1. The lowest BCUT2D eigenvalue weighted by atomic mass is 9.92. The maximum Gasteiger partial charge on any atom is 0.325 e. The maximum absolute atomic E-state index is 11.4. The number of amides is 1. The molecule has 0 saturated heterocycles. The normalized spacial score (nSPS) is 20.3. The monoisotopic (exact) mass is 185 g/mol. The van der Waals surface area contributed by atoms with Gasteiger partial charge in [0.1, 0.15) is 17.8 Å². The second-order valence-corrected chi connectivity index (χ2v) is 3.37. The second-order valence-electron chi connectivity index (χ2n) is 3.37. The zero-order valence-corrected chi connectivity index (χ0v) is 7.44. The van der Waals surface area contributed by atoms with Crippen molar-refractivity contribution >= 4 is 17.7 Å². The molecular formula is C7H11N3O3. The Labute approximate surface area is 75.0 Å². The van der Waals surface area contributed by atoms with Gasteiger partial charge in [-0.3, -0.25) is 9.59 Å². The third kappa shape index (κ3) is 1.47. The molecule has 6 nitrogen and oxygen atoms in total. The number of hydrogen-bond donors (Lipinski definition) is 2. The zero-order chi connectivity index (χ0) is 10.2. The highest BCUT2D eigenvalue weighted by Crippen LogP contribution is 2.25. The molecule has 1 aliphatic rings. The van der Waals surface area contributed by atoms with E-state index in [1.807, 2.05) is 0 Å². The lowest BCUT2D eigenvalue weighted by Crippen LogP contribution is -2.39. The predicted octanol–water partition coefficient (Wildman–Crippen LogP) is -0.788. The number of rotatable bonds is 2. The van der Waals surface area contributed by atoms with Gasteiger partial charge >= 0.3 is 5.97 Å². The molecule has 1 amide bonds. The van der Waals surface area contributed by atoms with Crippen LogP contribution in [-0.2, 0) is 9.59 Å². The van der Waals surface area contributed by atoms with Crippen LogP contribution < -0.4 is 5.73 Å². The molecule has 0 unspecified atom stereocenters. The minimum absolute atomic E-state index is 0.152. The minimum atomic E-state index is -1.11. The van der Waals surface area contributed by atoms with E-state index in [4.69, 9.17) is 10.8 Å². The van der Waals surface area contributed by atoms with Gasteiger partial charge in [-0.1, -0.05) is 0 Å². The van der Waals surface area contributed by atoms with Crippen LogP contribution >= 0.6 is 0 Å². The Morgan fingerprint density at radius 1 is 1.69 bits per heavy atom. The summed E-state index contributed by atoms with van der Waals surface area (Å²) in [5.74, 6) is -1.34. The van der Waals surface area contributed by atoms with E-state index < -0.39 is 17.9 Å². The molecule has 0 bridgehead atoms. The molecule has 6 heteroatoms. The molecule has 1 heterocycles. The molecule has 0 atom stereocenters. The molecule has 0 aromatic carbocycles. The van der Waals surface area contributed by atoms with Gasteiger partial charge in [-0.25, -0.2) is 5.01 Å². The number of amidine groups is 1. The molecular weight excluding hydrogens is 174 g/mol. The summed E-state index contributed by atoms with van der Waals surface area (Å²) >= 11 is 0. The van der Waals surface area contributed by atoms with Crippen LogP contribution in [-0.4, -0.2) is 34.4 Å². The SMILES string of the molecule is CC1(C)C(=O)N(CC(=O)O)N=C1N. The molecule has 0 aromatic heterocycles. The highest BCUT2D eigenvalue weighted by atomic mass is 16.4. The highest BCUT2D eigenvalue weighted by Gasteiger charge is 2.42. The van der Waals surface area contributed by atoms with Crippen LogP contribution in [0.1, 0.15) is 13.8 Å². The lowest BCUT2D eigenvalue weighted by molar-refractivity contribution is -0.145. The molecule has 0 radical (unpaired) electrons. The van der Waals surface area contributed by atoms with E-state index in [1.54, 1.807) is 13.8 Å². The van der Waals surface area contributed by atoms with Gasteiger partial charge < -0.3 is 10.8 Å². The molecule has 72 valence electrons. The van der Waals surface area contributed by atoms with Crippen molar-refractivity contribution in [2.24, 2.45) is 16.3 Å². The van der Waals surface area contributed by atoms with E-state index >= 15 is 0 Å². The van der Waals surface area contributed by atoms with E-state index in [-0.39, 0.29) is 11.7 Å². The fourth-order valence-electron chi connectivity index (χ4n) is 0.968. The Morgan fingerprint density at radius 2 is 2.23 bits per heavy atom. The predicted molar refractivity (Wildman–Crippen MR) is 44.8 cm³/mol. The molecule has 3 N–H and O–H groups in total. The number of hydrogen-bond acceptors (Lipinski definition) is 4. The third-order valence-corrected chi connectivity index (χ3v) is 1.92. The minimum Gasteiger partial charge on any atom is -0.480 e. The fourth-order valence-corrected chi connectivity index (χ4v) is 0.968. The van der Waals surface area contributed by atoms with Crippen molar-refractivity contribution in [2.45, 2.75) is 13.8 Å². The summed E-state index contributed by atoms with van der Waals surface area (Å²) in [6.45, 7) is 2.77. The summed E-state index contributed by atoms with van der Waals surface area (Å²) in [4.78, 5) is 21.8. The second kappa shape index (κ2) is 2.72. The average molecular weight is 185 g/mol. The molecule has 13 heavy (non-hydrogen) atoms. The van der Waals surface area contributed by atoms with E-state index in [1.165, 1.54) is 0 Å². The summed E-state index contributed by atoms with van der Waals surface area (Å²) in [6.07, 6.45) is 0. The van der Waals surface area contributed by atoms with Crippen LogP contribution in [0.3, 0.4) is 0 Å². The van der Waals surface area contributed by atoms with Crippen molar-refractivity contribution in [3.05, 3.63) is 0 Å². The Morgan fingerprint density at radius 3 is 2.54 bits per heavy atom. The van der Waals surface area contributed by atoms with Gasteiger partial charge in [-0.15, -0.1) is 0 Å². The highest BCUT2D eigenvalue weighted by molar-refractivity contribution is 6.10. The average Bonchev–Trinajstić information content (AvgIpc) is 2.15. The number of nitrogens with zero attached hydrogens (tertiary/aromatic N) is 2. The number of carboxylic acid groups (broad SMARTS) is 1. The van der Waals surface area contributed by atoms with Crippen molar-refractivity contribution in [3.8, 4) is 0 Å². The van der Waals surface area contributed by atoms with Gasteiger partial charge in [0.2, 0.25) is 0 Å². The van der Waals surface area contributed by atoms with E-state index in [0.29, 0.717) is 0 Å². The number of carbonyl (C=O) groups excluding carboxylic acids is 1. The van der Waals surface area contributed by atoms with Crippen LogP contribution in [0, 0.1) is 5.41 Å². The molecule has 0 aromatic rings. The standard InChI is InChI=1S/C7H11N3O3/c1-7(2)5(8)9-10(6(7)13)3-4(11)12/h3H2,1-2H3,(H2,8,9)(H,11,12). The Kier molecular flexibility index (Phi) is 1.99. The summed E-state index contributed by atoms with van der Waals surface area (Å²) in [6, 6.07) is 0. The van der Waals surface area contributed by atoms with Gasteiger partial charge in [-0.05, 0) is 13.8 Å². The zero-order valence-electron chi connectivity index (χ0n) is 7.44. The number of hydrazone groups is 1. The van der Waals surface area contributed by atoms with Crippen LogP contribution in [0.25, 0.3) is 0 Å². The Bertz CT molecular complexity index is 295. The molecule has 1 aliphatic heterocycles. The molecule has 1 rings (SSSR count).